The SMILES string of the molecule is Cc1nn(C)c(C)c1C(=O)Nc1ccc(OCCN)cc1.Cl. The Kier molecular flexibility index (Phi) is 6.39. The van der Waals surface area contributed by atoms with E-state index in [2.05, 4.69) is 10.4 Å². The predicted molar refractivity (Wildman–Crippen MR) is 88.9 cm³/mol. The number of nitrogens with two attached hydrogens (primary N) is 1. The van der Waals surface area contributed by atoms with Crippen LogP contribution in [0.3, 0.4) is 0 Å². The van der Waals surface area contributed by atoms with Gasteiger partial charge in [0.1, 0.15) is 12.4 Å². The van der Waals surface area contributed by atoms with Gasteiger partial charge in [-0.05, 0) is 38.1 Å². The summed E-state index contributed by atoms with van der Waals surface area (Å²) in [7, 11) is 1.82. The third-order valence-corrected chi connectivity index (χ3v) is 3.23. The Labute approximate surface area is 136 Å². The van der Waals surface area contributed by atoms with Gasteiger partial charge in [0.25, 0.3) is 5.91 Å². The lowest BCUT2D eigenvalue weighted by atomic mass is 10.2. The average Bonchev–Trinajstić information content (AvgIpc) is 2.71. The molecule has 0 saturated heterocycles. The molecule has 0 aliphatic rings. The summed E-state index contributed by atoms with van der Waals surface area (Å²) in [5.41, 5.74) is 8.26. The van der Waals surface area contributed by atoms with Crippen LogP contribution in [0.1, 0.15) is 21.7 Å². The molecule has 1 amide bonds. The number of nitrogens with one attached hydrogen (secondary N) is 1. The van der Waals surface area contributed by atoms with Crippen LogP contribution in [0.5, 0.6) is 5.75 Å². The zero-order chi connectivity index (χ0) is 15.4. The van der Waals surface area contributed by atoms with Crippen molar-refractivity contribution in [1.29, 1.82) is 0 Å². The number of aryl methyl sites for hydroxylation is 2. The summed E-state index contributed by atoms with van der Waals surface area (Å²) in [6.07, 6.45) is 0. The van der Waals surface area contributed by atoms with Crippen molar-refractivity contribution in [2.24, 2.45) is 12.8 Å². The molecular weight excluding hydrogens is 304 g/mol. The topological polar surface area (TPSA) is 82.2 Å². The molecule has 3 N–H and O–H groups in total. The molecule has 22 heavy (non-hydrogen) atoms. The van der Waals surface area contributed by atoms with Crippen LogP contribution in [-0.4, -0.2) is 28.8 Å². The molecule has 0 fully saturated rings. The molecule has 6 nitrogen and oxygen atoms in total. The Hall–Kier alpha value is -2.05. The van der Waals surface area contributed by atoms with Crippen molar-refractivity contribution < 1.29 is 9.53 Å². The minimum Gasteiger partial charge on any atom is -0.492 e. The van der Waals surface area contributed by atoms with E-state index in [1.165, 1.54) is 0 Å². The van der Waals surface area contributed by atoms with E-state index in [1.54, 1.807) is 28.9 Å². The Morgan fingerprint density at radius 3 is 2.45 bits per heavy atom. The number of benzene rings is 1. The van der Waals surface area contributed by atoms with Gasteiger partial charge in [-0.25, -0.2) is 0 Å². The van der Waals surface area contributed by atoms with Crippen LogP contribution in [0.2, 0.25) is 0 Å². The van der Waals surface area contributed by atoms with E-state index in [4.69, 9.17) is 10.5 Å². The van der Waals surface area contributed by atoms with Gasteiger partial charge in [-0.15, -0.1) is 12.4 Å². The molecule has 7 heteroatoms. The fourth-order valence-electron chi connectivity index (χ4n) is 2.11. The van der Waals surface area contributed by atoms with Gasteiger partial charge in [-0.3, -0.25) is 9.48 Å². The minimum absolute atomic E-state index is 0. The average molecular weight is 325 g/mol. The zero-order valence-electron chi connectivity index (χ0n) is 12.9. The predicted octanol–water partition coefficient (Wildman–Crippen LogP) is 2.05. The monoisotopic (exact) mass is 324 g/mol. The molecule has 1 aromatic heterocycles. The van der Waals surface area contributed by atoms with Crippen molar-refractivity contribution >= 4 is 24.0 Å². The minimum atomic E-state index is -0.159. The number of amides is 1. The number of halogens is 1. The summed E-state index contributed by atoms with van der Waals surface area (Å²) in [4.78, 5) is 12.3. The molecule has 0 spiro atoms. The number of anilines is 1. The van der Waals surface area contributed by atoms with Crippen LogP contribution >= 0.6 is 12.4 Å². The van der Waals surface area contributed by atoms with E-state index in [0.29, 0.717) is 24.4 Å². The van der Waals surface area contributed by atoms with Crippen LogP contribution in [0.4, 0.5) is 5.69 Å². The number of rotatable bonds is 5. The van der Waals surface area contributed by atoms with E-state index >= 15 is 0 Å². The van der Waals surface area contributed by atoms with Gasteiger partial charge in [0, 0.05) is 25.0 Å². The number of hydrogen-bond acceptors (Lipinski definition) is 4. The van der Waals surface area contributed by atoms with E-state index in [1.807, 2.05) is 20.9 Å². The van der Waals surface area contributed by atoms with Crippen molar-refractivity contribution in [3.63, 3.8) is 0 Å². The molecule has 1 heterocycles. The summed E-state index contributed by atoms with van der Waals surface area (Å²) < 4.78 is 7.09. The van der Waals surface area contributed by atoms with Crippen molar-refractivity contribution in [2.75, 3.05) is 18.5 Å². The van der Waals surface area contributed by atoms with Gasteiger partial charge in [0.2, 0.25) is 0 Å². The van der Waals surface area contributed by atoms with Gasteiger partial charge in [0.05, 0.1) is 11.3 Å². The first kappa shape index (κ1) is 18.0. The van der Waals surface area contributed by atoms with Gasteiger partial charge in [-0.2, -0.15) is 5.10 Å². The lowest BCUT2D eigenvalue weighted by Gasteiger charge is -2.08. The third-order valence-electron chi connectivity index (χ3n) is 3.23. The standard InChI is InChI=1S/C15H20N4O2.ClH/c1-10-14(11(2)19(3)18-10)15(20)17-12-4-6-13(7-5-12)21-9-8-16;/h4-7H,8-9,16H2,1-3H3,(H,17,20);1H. The molecule has 2 aromatic rings. The molecular formula is C15H21ClN4O2. The van der Waals surface area contributed by atoms with Gasteiger partial charge in [-0.1, -0.05) is 0 Å². The van der Waals surface area contributed by atoms with Crippen LogP contribution in [0.25, 0.3) is 0 Å². The van der Waals surface area contributed by atoms with Gasteiger partial charge in [0.15, 0.2) is 0 Å². The molecule has 0 saturated carbocycles. The molecule has 0 bridgehead atoms. The maximum Gasteiger partial charge on any atom is 0.259 e. The van der Waals surface area contributed by atoms with Gasteiger partial charge >= 0.3 is 0 Å². The van der Waals surface area contributed by atoms with Crippen LogP contribution in [-0.2, 0) is 7.05 Å². The second-order valence-corrected chi connectivity index (χ2v) is 4.79. The molecule has 0 aliphatic heterocycles. The summed E-state index contributed by atoms with van der Waals surface area (Å²) >= 11 is 0. The number of hydrogen-bond donors (Lipinski definition) is 2. The molecule has 0 aliphatic carbocycles. The summed E-state index contributed by atoms with van der Waals surface area (Å²) in [5, 5.41) is 7.11. The van der Waals surface area contributed by atoms with Crippen molar-refractivity contribution in [3.8, 4) is 5.75 Å². The van der Waals surface area contributed by atoms with E-state index < -0.39 is 0 Å². The summed E-state index contributed by atoms with van der Waals surface area (Å²) in [6, 6.07) is 7.19. The Bertz CT molecular complexity index is 638. The van der Waals surface area contributed by atoms with Crippen molar-refractivity contribution in [3.05, 3.63) is 41.2 Å². The molecule has 120 valence electrons. The first-order valence-electron chi connectivity index (χ1n) is 6.77. The maximum absolute atomic E-state index is 12.3. The largest absolute Gasteiger partial charge is 0.492 e. The lowest BCUT2D eigenvalue weighted by molar-refractivity contribution is 0.102. The molecule has 2 rings (SSSR count). The smallest absolute Gasteiger partial charge is 0.259 e. The molecule has 0 radical (unpaired) electrons. The molecule has 0 unspecified atom stereocenters. The number of carbonyl (C=O) groups excluding carboxylic acids is 1. The van der Waals surface area contributed by atoms with Crippen LogP contribution in [0, 0.1) is 13.8 Å². The first-order valence-corrected chi connectivity index (χ1v) is 6.77. The molecule has 1 aromatic carbocycles. The number of carbonyl (C=O) groups is 1. The second-order valence-electron chi connectivity index (χ2n) is 4.79. The first-order chi connectivity index (χ1) is 10.0. The van der Waals surface area contributed by atoms with E-state index in [9.17, 15) is 4.79 Å². The fraction of sp³-hybridized carbons (Fsp3) is 0.333. The van der Waals surface area contributed by atoms with Crippen molar-refractivity contribution in [2.45, 2.75) is 13.8 Å². The van der Waals surface area contributed by atoms with Gasteiger partial charge < -0.3 is 15.8 Å². The highest BCUT2D eigenvalue weighted by Gasteiger charge is 2.17. The number of ether oxygens (including phenoxy) is 1. The fourth-order valence-corrected chi connectivity index (χ4v) is 2.11. The molecule has 0 atom stereocenters. The Balaban J connectivity index is 0.00000242. The van der Waals surface area contributed by atoms with Crippen molar-refractivity contribution in [1.82, 2.24) is 9.78 Å². The Morgan fingerprint density at radius 1 is 1.32 bits per heavy atom. The highest BCUT2D eigenvalue weighted by Crippen LogP contribution is 2.18. The van der Waals surface area contributed by atoms with Crippen LogP contribution < -0.4 is 15.8 Å². The second kappa shape index (κ2) is 7.82. The summed E-state index contributed by atoms with van der Waals surface area (Å²) in [6.45, 7) is 4.64. The number of aromatic nitrogens is 2. The van der Waals surface area contributed by atoms with Crippen LogP contribution in [0.15, 0.2) is 24.3 Å². The lowest BCUT2D eigenvalue weighted by Crippen LogP contribution is -2.14. The third kappa shape index (κ3) is 3.99. The Morgan fingerprint density at radius 2 is 1.95 bits per heavy atom. The maximum atomic E-state index is 12.3. The quantitative estimate of drug-likeness (QED) is 0.882. The highest BCUT2D eigenvalue weighted by molar-refractivity contribution is 6.05. The summed E-state index contributed by atoms with van der Waals surface area (Å²) in [5.74, 6) is 0.570. The van der Waals surface area contributed by atoms with E-state index in [-0.39, 0.29) is 18.3 Å². The highest BCUT2D eigenvalue weighted by atomic mass is 35.5. The number of nitrogens with zero attached hydrogens (tertiary/aromatic N) is 2. The van der Waals surface area contributed by atoms with E-state index in [0.717, 1.165) is 17.1 Å². The zero-order valence-corrected chi connectivity index (χ0v) is 13.7. The normalized spacial score (nSPS) is 10.0.